The molecule has 1 aromatic carbocycles. The zero-order chi connectivity index (χ0) is 21.8. The van der Waals surface area contributed by atoms with Gasteiger partial charge < -0.3 is 10.2 Å². The van der Waals surface area contributed by atoms with Crippen LogP contribution in [-0.4, -0.2) is 30.0 Å². The average molecular weight is 429 g/mol. The number of aromatic nitrogens is 1. The Morgan fingerprint density at radius 2 is 2.00 bits per heavy atom. The molecule has 5 nitrogen and oxygen atoms in total. The number of amides is 1. The number of rotatable bonds is 5. The number of nitrogens with one attached hydrogen (secondary N) is 1. The molecule has 1 fully saturated rings. The largest absolute Gasteiger partial charge is 0.372 e. The smallest absolute Gasteiger partial charge is 0.253 e. The second kappa shape index (κ2) is 9.44. The van der Waals surface area contributed by atoms with E-state index in [-0.39, 0.29) is 23.4 Å². The topological polar surface area (TPSA) is 69.0 Å². The van der Waals surface area contributed by atoms with Gasteiger partial charge in [-0.05, 0) is 55.9 Å². The van der Waals surface area contributed by atoms with Crippen molar-refractivity contribution in [1.82, 2.24) is 10.3 Å². The molecule has 7 heteroatoms. The Bertz CT molecular complexity index is 964. The number of carbonyl (C=O) groups is 1. The van der Waals surface area contributed by atoms with Crippen LogP contribution in [0, 0.1) is 17.1 Å². The quantitative estimate of drug-likeness (QED) is 0.723. The van der Waals surface area contributed by atoms with Gasteiger partial charge in [0.05, 0.1) is 21.8 Å². The SMILES string of the molecule is CC(C)c1ncc(C(=O)N[C@H]2CC[C@H](N(C)c3ccc(C#N)c(Cl)c3)CC2)cc1F. The van der Waals surface area contributed by atoms with Crippen molar-refractivity contribution in [2.45, 2.75) is 57.5 Å². The van der Waals surface area contributed by atoms with Gasteiger partial charge >= 0.3 is 0 Å². The maximum absolute atomic E-state index is 14.1. The third-order valence-corrected chi connectivity index (χ3v) is 6.05. The number of nitriles is 1. The van der Waals surface area contributed by atoms with Crippen molar-refractivity contribution in [2.75, 3.05) is 11.9 Å². The molecule has 1 N–H and O–H groups in total. The van der Waals surface area contributed by atoms with Gasteiger partial charge in [-0.2, -0.15) is 5.26 Å². The molecule has 0 atom stereocenters. The molecule has 0 saturated heterocycles. The molecule has 0 aliphatic heterocycles. The van der Waals surface area contributed by atoms with Gasteiger partial charge in [0.1, 0.15) is 11.9 Å². The van der Waals surface area contributed by atoms with Crippen LogP contribution in [0.3, 0.4) is 0 Å². The molecule has 1 aliphatic rings. The van der Waals surface area contributed by atoms with E-state index in [9.17, 15) is 9.18 Å². The first-order valence-corrected chi connectivity index (χ1v) is 10.6. The minimum absolute atomic E-state index is 0.0274. The molecule has 0 bridgehead atoms. The minimum Gasteiger partial charge on any atom is -0.372 e. The normalized spacial score (nSPS) is 18.7. The van der Waals surface area contributed by atoms with E-state index in [0.717, 1.165) is 31.4 Å². The summed E-state index contributed by atoms with van der Waals surface area (Å²) in [4.78, 5) is 18.8. The molecule has 1 aromatic heterocycles. The number of benzene rings is 1. The Kier molecular flexibility index (Phi) is 6.94. The summed E-state index contributed by atoms with van der Waals surface area (Å²) in [6.07, 6.45) is 4.95. The van der Waals surface area contributed by atoms with Crippen molar-refractivity contribution in [3.63, 3.8) is 0 Å². The fraction of sp³-hybridized carbons (Fsp3) is 0.435. The molecular formula is C23H26ClFN4O. The van der Waals surface area contributed by atoms with Crippen molar-refractivity contribution in [2.24, 2.45) is 0 Å². The number of nitrogens with zero attached hydrogens (tertiary/aromatic N) is 3. The Hall–Kier alpha value is -2.65. The van der Waals surface area contributed by atoms with Crippen LogP contribution in [0.15, 0.2) is 30.5 Å². The first-order chi connectivity index (χ1) is 14.3. The van der Waals surface area contributed by atoms with Gasteiger partial charge in [-0.25, -0.2) is 4.39 Å². The Morgan fingerprint density at radius 1 is 1.30 bits per heavy atom. The van der Waals surface area contributed by atoms with Crippen molar-refractivity contribution < 1.29 is 9.18 Å². The Balaban J connectivity index is 1.56. The number of halogens is 2. The van der Waals surface area contributed by atoms with Crippen LogP contribution in [-0.2, 0) is 0 Å². The lowest BCUT2D eigenvalue weighted by atomic mass is 9.90. The number of hydrogen-bond acceptors (Lipinski definition) is 4. The van der Waals surface area contributed by atoms with Crippen LogP contribution in [0.4, 0.5) is 10.1 Å². The fourth-order valence-electron chi connectivity index (χ4n) is 3.90. The molecule has 0 spiro atoms. The van der Waals surface area contributed by atoms with E-state index in [0.29, 0.717) is 22.3 Å². The molecule has 2 aromatic rings. The van der Waals surface area contributed by atoms with Crippen LogP contribution < -0.4 is 10.2 Å². The molecule has 158 valence electrons. The molecule has 0 radical (unpaired) electrons. The van der Waals surface area contributed by atoms with Crippen molar-refractivity contribution in [3.05, 3.63) is 58.1 Å². The van der Waals surface area contributed by atoms with Gasteiger partial charge in [0, 0.05) is 31.0 Å². The highest BCUT2D eigenvalue weighted by molar-refractivity contribution is 6.32. The van der Waals surface area contributed by atoms with E-state index < -0.39 is 5.82 Å². The lowest BCUT2D eigenvalue weighted by molar-refractivity contribution is 0.0925. The van der Waals surface area contributed by atoms with E-state index >= 15 is 0 Å². The predicted octanol–water partition coefficient (Wildman–Crippen LogP) is 5.05. The molecule has 1 saturated carbocycles. The monoisotopic (exact) mass is 428 g/mol. The summed E-state index contributed by atoms with van der Waals surface area (Å²) in [7, 11) is 2.02. The van der Waals surface area contributed by atoms with Crippen LogP contribution in [0.5, 0.6) is 0 Å². The maximum Gasteiger partial charge on any atom is 0.253 e. The summed E-state index contributed by atoms with van der Waals surface area (Å²) < 4.78 is 14.1. The molecule has 1 aliphatic carbocycles. The second-order valence-electron chi connectivity index (χ2n) is 8.11. The van der Waals surface area contributed by atoms with Crippen molar-refractivity contribution >= 4 is 23.2 Å². The molecular weight excluding hydrogens is 403 g/mol. The number of pyridine rings is 1. The maximum atomic E-state index is 14.1. The summed E-state index contributed by atoms with van der Waals surface area (Å²) >= 11 is 6.16. The first-order valence-electron chi connectivity index (χ1n) is 10.2. The second-order valence-corrected chi connectivity index (χ2v) is 8.52. The average Bonchev–Trinajstić information content (AvgIpc) is 2.73. The number of carbonyl (C=O) groups excluding carboxylic acids is 1. The summed E-state index contributed by atoms with van der Waals surface area (Å²) in [5.74, 6) is -0.753. The third kappa shape index (κ3) is 4.91. The predicted molar refractivity (Wildman–Crippen MR) is 116 cm³/mol. The Labute approximate surface area is 181 Å². The number of anilines is 1. The highest BCUT2D eigenvalue weighted by atomic mass is 35.5. The van der Waals surface area contributed by atoms with E-state index in [1.165, 1.54) is 12.3 Å². The van der Waals surface area contributed by atoms with Crippen LogP contribution in [0.2, 0.25) is 5.02 Å². The summed E-state index contributed by atoms with van der Waals surface area (Å²) in [6, 6.07) is 9.18. The highest BCUT2D eigenvalue weighted by Crippen LogP contribution is 2.29. The first kappa shape index (κ1) is 22.0. The van der Waals surface area contributed by atoms with Gasteiger partial charge in [-0.15, -0.1) is 0 Å². The van der Waals surface area contributed by atoms with E-state index in [1.54, 1.807) is 6.07 Å². The summed E-state index contributed by atoms with van der Waals surface area (Å²) in [5.41, 5.74) is 2.06. The molecule has 1 amide bonds. The molecule has 1 heterocycles. The standard InChI is InChI=1S/C23H26ClFN4O/c1-14(2)22-21(25)10-16(13-27-22)23(30)28-17-5-8-18(9-6-17)29(3)19-7-4-15(12-26)20(24)11-19/h4,7,10-11,13-14,17-18H,5-6,8-9H2,1-3H3,(H,28,30)/t17-,18-. The Morgan fingerprint density at radius 3 is 2.57 bits per heavy atom. The van der Waals surface area contributed by atoms with Crippen LogP contribution >= 0.6 is 11.6 Å². The third-order valence-electron chi connectivity index (χ3n) is 5.74. The summed E-state index contributed by atoms with van der Waals surface area (Å²) in [6.45, 7) is 3.74. The van der Waals surface area contributed by atoms with Gasteiger partial charge in [0.2, 0.25) is 0 Å². The molecule has 3 rings (SSSR count). The summed E-state index contributed by atoms with van der Waals surface area (Å²) in [5, 5.41) is 12.5. The molecule has 0 unspecified atom stereocenters. The van der Waals surface area contributed by atoms with E-state index in [1.807, 2.05) is 33.0 Å². The van der Waals surface area contributed by atoms with E-state index in [2.05, 4.69) is 21.3 Å². The zero-order valence-electron chi connectivity index (χ0n) is 17.5. The zero-order valence-corrected chi connectivity index (χ0v) is 18.2. The van der Waals surface area contributed by atoms with Gasteiger partial charge in [-0.1, -0.05) is 25.4 Å². The van der Waals surface area contributed by atoms with Crippen molar-refractivity contribution in [1.29, 1.82) is 5.26 Å². The van der Waals surface area contributed by atoms with Gasteiger partial charge in [-0.3, -0.25) is 9.78 Å². The van der Waals surface area contributed by atoms with E-state index in [4.69, 9.17) is 16.9 Å². The lowest BCUT2D eigenvalue weighted by Gasteiger charge is -2.36. The fourth-order valence-corrected chi connectivity index (χ4v) is 4.12. The van der Waals surface area contributed by atoms with Crippen LogP contribution in [0.1, 0.15) is 67.1 Å². The highest BCUT2D eigenvalue weighted by Gasteiger charge is 2.26. The van der Waals surface area contributed by atoms with Gasteiger partial charge in [0.25, 0.3) is 5.91 Å². The number of hydrogen-bond donors (Lipinski definition) is 1. The molecule has 30 heavy (non-hydrogen) atoms. The van der Waals surface area contributed by atoms with Gasteiger partial charge in [0.15, 0.2) is 0 Å². The minimum atomic E-state index is -0.441. The lowest BCUT2D eigenvalue weighted by Crippen LogP contribution is -2.43. The van der Waals surface area contributed by atoms with Crippen molar-refractivity contribution in [3.8, 4) is 6.07 Å². The van der Waals surface area contributed by atoms with Crippen LogP contribution in [0.25, 0.3) is 0 Å².